The van der Waals surface area contributed by atoms with Crippen LogP contribution in [0.25, 0.3) is 0 Å². The Morgan fingerprint density at radius 3 is 1.25 bits per heavy atom. The first kappa shape index (κ1) is 8.87. The molecule has 0 aromatic rings. The van der Waals surface area contributed by atoms with Crippen LogP contribution in [0.5, 0.6) is 0 Å². The Kier molecular flexibility index (Phi) is 20.1. The van der Waals surface area contributed by atoms with Crippen molar-refractivity contribution >= 4 is 31.9 Å². The zero-order chi connectivity index (χ0) is 2.71. The molecule has 0 aliphatic heterocycles. The lowest BCUT2D eigenvalue weighted by molar-refractivity contribution is 2.13. The van der Waals surface area contributed by atoms with Crippen LogP contribution in [-0.2, 0) is 0 Å². The summed E-state index contributed by atoms with van der Waals surface area (Å²) in [5.74, 6) is 0. The predicted octanol–water partition coefficient (Wildman–Crippen LogP) is 1.90. The average molecular weight is 191 g/mol. The van der Waals surface area contributed by atoms with E-state index in [2.05, 4.69) is 31.9 Å². The molecular weight excluding hydrogens is 186 g/mol. The minimum Gasteiger partial charge on any atom is -0.344 e. The van der Waals surface area contributed by atoms with Crippen molar-refractivity contribution in [2.24, 2.45) is 0 Å². The van der Waals surface area contributed by atoms with Gasteiger partial charge in [0.15, 0.2) is 0 Å². The van der Waals surface area contributed by atoms with Gasteiger partial charge in [-0.15, -0.1) is 0 Å². The van der Waals surface area contributed by atoms with E-state index in [0.717, 1.165) is 4.24 Å². The third-order valence-corrected chi connectivity index (χ3v) is 0. The summed E-state index contributed by atoms with van der Waals surface area (Å²) in [5.41, 5.74) is 0. The molecule has 28 valence electrons. The van der Waals surface area contributed by atoms with Gasteiger partial charge >= 0.3 is 0 Å². The highest BCUT2D eigenvalue weighted by Gasteiger charge is 1.41. The molecule has 0 saturated carbocycles. The van der Waals surface area contributed by atoms with Gasteiger partial charge in [-0.05, 0) is 0 Å². The normalized spacial score (nSPS) is 4.50. The summed E-state index contributed by atoms with van der Waals surface area (Å²) < 4.78 is 0.875. The SMILES string of the molecule is BrCBr.N. The van der Waals surface area contributed by atoms with E-state index in [9.17, 15) is 0 Å². The molecular formula is CH5Br2N. The molecule has 4 heavy (non-hydrogen) atoms. The van der Waals surface area contributed by atoms with Gasteiger partial charge in [0.05, 0.1) is 4.24 Å². The number of alkyl halides is 2. The van der Waals surface area contributed by atoms with Crippen LogP contribution in [-0.4, -0.2) is 4.24 Å². The highest BCUT2D eigenvalue weighted by molar-refractivity contribution is 9.24. The summed E-state index contributed by atoms with van der Waals surface area (Å²) in [7, 11) is 0. The summed E-state index contributed by atoms with van der Waals surface area (Å²) in [6, 6.07) is 0. The Morgan fingerprint density at radius 1 is 1.25 bits per heavy atom. The standard InChI is InChI=1S/CH2Br2.H3N/c2-1-3;/h1H2;1H3. The van der Waals surface area contributed by atoms with Crippen molar-refractivity contribution in [3.8, 4) is 0 Å². The van der Waals surface area contributed by atoms with Gasteiger partial charge in [0.25, 0.3) is 0 Å². The van der Waals surface area contributed by atoms with Crippen LogP contribution < -0.4 is 6.15 Å². The topological polar surface area (TPSA) is 35.0 Å². The van der Waals surface area contributed by atoms with E-state index in [0.29, 0.717) is 0 Å². The van der Waals surface area contributed by atoms with Crippen molar-refractivity contribution in [1.82, 2.24) is 6.15 Å². The number of hydrogen-bond donors (Lipinski definition) is 1. The van der Waals surface area contributed by atoms with Crippen molar-refractivity contribution in [3.05, 3.63) is 0 Å². The first-order chi connectivity index (χ1) is 1.41. The van der Waals surface area contributed by atoms with E-state index in [1.54, 1.807) is 0 Å². The molecule has 1 nitrogen and oxygen atoms in total. The van der Waals surface area contributed by atoms with Gasteiger partial charge in [-0.25, -0.2) is 0 Å². The maximum Gasteiger partial charge on any atom is 0.0588 e. The lowest BCUT2D eigenvalue weighted by atomic mass is 12.0. The molecule has 0 saturated heterocycles. The quantitative estimate of drug-likeness (QED) is 0.582. The maximum atomic E-state index is 3.06. The summed E-state index contributed by atoms with van der Waals surface area (Å²) in [4.78, 5) is 0. The minimum absolute atomic E-state index is 0. The lowest BCUT2D eigenvalue weighted by Crippen LogP contribution is -1.19. The second kappa shape index (κ2) is 9.07. The van der Waals surface area contributed by atoms with Crippen LogP contribution in [0.15, 0.2) is 0 Å². The van der Waals surface area contributed by atoms with E-state index >= 15 is 0 Å². The van der Waals surface area contributed by atoms with Gasteiger partial charge in [0, 0.05) is 0 Å². The fourth-order valence-electron chi connectivity index (χ4n) is 0. The fraction of sp³-hybridized carbons (Fsp3) is 1.00. The molecule has 0 radical (unpaired) electrons. The smallest absolute Gasteiger partial charge is 0.0588 e. The maximum absolute atomic E-state index is 3.06. The number of hydrogen-bond acceptors (Lipinski definition) is 1. The van der Waals surface area contributed by atoms with Gasteiger partial charge in [-0.3, -0.25) is 0 Å². The second-order valence-electron chi connectivity index (χ2n) is 0.101. The molecule has 0 aliphatic rings. The molecule has 0 rings (SSSR count). The molecule has 0 unspecified atom stereocenters. The molecule has 0 aromatic carbocycles. The predicted molar refractivity (Wildman–Crippen MR) is 27.7 cm³/mol. The van der Waals surface area contributed by atoms with Crippen molar-refractivity contribution in [2.75, 3.05) is 4.24 Å². The fourth-order valence-corrected chi connectivity index (χ4v) is 0. The van der Waals surface area contributed by atoms with Crippen LogP contribution in [0.1, 0.15) is 0 Å². The molecule has 0 spiro atoms. The molecule has 0 aliphatic carbocycles. The summed E-state index contributed by atoms with van der Waals surface area (Å²) in [6.07, 6.45) is 0. The summed E-state index contributed by atoms with van der Waals surface area (Å²) in [6.45, 7) is 0. The van der Waals surface area contributed by atoms with Gasteiger partial charge in [-0.1, -0.05) is 31.9 Å². The molecule has 3 heteroatoms. The Morgan fingerprint density at radius 2 is 1.25 bits per heavy atom. The van der Waals surface area contributed by atoms with Crippen molar-refractivity contribution in [3.63, 3.8) is 0 Å². The molecule has 0 bridgehead atoms. The van der Waals surface area contributed by atoms with Crippen LogP contribution in [0.3, 0.4) is 0 Å². The second-order valence-corrected chi connectivity index (χ2v) is 2.73. The molecule has 0 amide bonds. The monoisotopic (exact) mass is 189 g/mol. The highest BCUT2D eigenvalue weighted by Crippen LogP contribution is 1.83. The average Bonchev–Trinajstić information content (AvgIpc) is 0.918. The van der Waals surface area contributed by atoms with Gasteiger partial charge in [0.1, 0.15) is 0 Å². The van der Waals surface area contributed by atoms with Gasteiger partial charge in [0.2, 0.25) is 0 Å². The van der Waals surface area contributed by atoms with Crippen molar-refractivity contribution in [1.29, 1.82) is 0 Å². The zero-order valence-corrected chi connectivity index (χ0v) is 5.34. The molecule has 0 aromatic heterocycles. The van der Waals surface area contributed by atoms with Crippen LogP contribution in [0.4, 0.5) is 0 Å². The van der Waals surface area contributed by atoms with Gasteiger partial charge in [-0.2, -0.15) is 0 Å². The lowest BCUT2D eigenvalue weighted by Gasteiger charge is -1.43. The van der Waals surface area contributed by atoms with Gasteiger partial charge < -0.3 is 6.15 Å². The molecule has 0 fully saturated rings. The summed E-state index contributed by atoms with van der Waals surface area (Å²) in [5, 5.41) is 0. The van der Waals surface area contributed by atoms with E-state index in [1.165, 1.54) is 0 Å². The zero-order valence-electron chi connectivity index (χ0n) is 2.17. The Labute approximate surface area is 42.6 Å². The third kappa shape index (κ3) is 12.7. The van der Waals surface area contributed by atoms with Crippen molar-refractivity contribution < 1.29 is 0 Å². The number of halogens is 2. The molecule has 3 N–H and O–H groups in total. The van der Waals surface area contributed by atoms with E-state index < -0.39 is 0 Å². The Balaban J connectivity index is 0. The van der Waals surface area contributed by atoms with Crippen molar-refractivity contribution in [2.45, 2.75) is 0 Å². The Hall–Kier alpha value is 0.920. The molecule has 0 heterocycles. The minimum atomic E-state index is 0. The molecule has 0 atom stereocenters. The first-order valence-electron chi connectivity index (χ1n) is 0.535. The van der Waals surface area contributed by atoms with Crippen LogP contribution in [0.2, 0.25) is 0 Å². The van der Waals surface area contributed by atoms with E-state index in [-0.39, 0.29) is 6.15 Å². The van der Waals surface area contributed by atoms with E-state index in [1.807, 2.05) is 0 Å². The highest BCUT2D eigenvalue weighted by atomic mass is 79.9. The largest absolute Gasteiger partial charge is 0.344 e. The summed E-state index contributed by atoms with van der Waals surface area (Å²) >= 11 is 6.12. The number of rotatable bonds is 0. The Bertz CT molecular complexity index is 6.00. The first-order valence-corrected chi connectivity index (χ1v) is 2.78. The van der Waals surface area contributed by atoms with Crippen LogP contribution >= 0.6 is 31.9 Å². The third-order valence-electron chi connectivity index (χ3n) is 0. The van der Waals surface area contributed by atoms with E-state index in [4.69, 9.17) is 0 Å². The van der Waals surface area contributed by atoms with Crippen LogP contribution in [0, 0.1) is 0 Å².